The molecule has 0 saturated heterocycles. The highest BCUT2D eigenvalue weighted by molar-refractivity contribution is 5.94. The maximum Gasteiger partial charge on any atom is 0.392 e. The van der Waals surface area contributed by atoms with Crippen LogP contribution in [0.5, 0.6) is 11.6 Å². The SMILES string of the molecule is CC(C)c1ccc(Oc2cncc[n+]2CC(=O)c2ccccc2)cc1. The van der Waals surface area contributed by atoms with Gasteiger partial charge in [-0.05, 0) is 23.6 Å². The summed E-state index contributed by atoms with van der Waals surface area (Å²) < 4.78 is 7.69. The van der Waals surface area contributed by atoms with Gasteiger partial charge in [-0.3, -0.25) is 4.79 Å². The van der Waals surface area contributed by atoms with Crippen LogP contribution in [0.1, 0.15) is 35.7 Å². The molecule has 0 radical (unpaired) electrons. The van der Waals surface area contributed by atoms with Crippen LogP contribution in [0.15, 0.2) is 73.2 Å². The van der Waals surface area contributed by atoms with Gasteiger partial charge in [-0.1, -0.05) is 56.3 Å². The lowest BCUT2D eigenvalue weighted by molar-refractivity contribution is -0.687. The van der Waals surface area contributed by atoms with Crippen molar-refractivity contribution in [2.75, 3.05) is 0 Å². The monoisotopic (exact) mass is 333 g/mol. The number of benzene rings is 2. The smallest absolute Gasteiger partial charge is 0.392 e. The Hall–Kier alpha value is -3.01. The fourth-order valence-corrected chi connectivity index (χ4v) is 2.50. The van der Waals surface area contributed by atoms with E-state index in [2.05, 4.69) is 31.0 Å². The van der Waals surface area contributed by atoms with Gasteiger partial charge in [0.2, 0.25) is 12.3 Å². The van der Waals surface area contributed by atoms with E-state index in [-0.39, 0.29) is 12.3 Å². The van der Waals surface area contributed by atoms with E-state index in [0.717, 1.165) is 5.75 Å². The van der Waals surface area contributed by atoms with E-state index in [0.29, 0.717) is 17.4 Å². The number of aromatic nitrogens is 2. The van der Waals surface area contributed by atoms with E-state index in [1.165, 1.54) is 5.56 Å². The third-order valence-electron chi connectivity index (χ3n) is 3.98. The number of ketones is 1. The van der Waals surface area contributed by atoms with Crippen LogP contribution in [-0.4, -0.2) is 10.8 Å². The molecule has 0 unspecified atom stereocenters. The maximum absolute atomic E-state index is 12.4. The van der Waals surface area contributed by atoms with E-state index >= 15 is 0 Å². The van der Waals surface area contributed by atoms with Crippen LogP contribution < -0.4 is 9.30 Å². The first kappa shape index (κ1) is 16.8. The lowest BCUT2D eigenvalue weighted by Gasteiger charge is -2.08. The molecular weight excluding hydrogens is 312 g/mol. The number of nitrogens with zero attached hydrogens (tertiary/aromatic N) is 2. The maximum atomic E-state index is 12.4. The quantitative estimate of drug-likeness (QED) is 0.502. The van der Waals surface area contributed by atoms with Crippen molar-refractivity contribution in [2.45, 2.75) is 26.3 Å². The van der Waals surface area contributed by atoms with Gasteiger partial charge in [-0.25, -0.2) is 4.98 Å². The molecule has 0 amide bonds. The van der Waals surface area contributed by atoms with Crippen molar-refractivity contribution < 1.29 is 14.1 Å². The van der Waals surface area contributed by atoms with Gasteiger partial charge in [0, 0.05) is 5.56 Å². The zero-order chi connectivity index (χ0) is 17.6. The van der Waals surface area contributed by atoms with Gasteiger partial charge in [0.15, 0.2) is 6.20 Å². The molecule has 0 aliphatic rings. The summed E-state index contributed by atoms with van der Waals surface area (Å²) in [5.41, 5.74) is 1.93. The summed E-state index contributed by atoms with van der Waals surface area (Å²) in [6.07, 6.45) is 5.01. The molecule has 3 aromatic rings. The largest absolute Gasteiger partial charge is 0.404 e. The molecule has 0 atom stereocenters. The Morgan fingerprint density at radius 1 is 1.08 bits per heavy atom. The van der Waals surface area contributed by atoms with E-state index in [4.69, 9.17) is 4.74 Å². The summed E-state index contributed by atoms with van der Waals surface area (Å²) in [7, 11) is 0. The highest BCUT2D eigenvalue weighted by Crippen LogP contribution is 2.21. The molecule has 0 aliphatic carbocycles. The van der Waals surface area contributed by atoms with Crippen LogP contribution >= 0.6 is 0 Å². The molecule has 0 aliphatic heterocycles. The summed E-state index contributed by atoms with van der Waals surface area (Å²) in [6.45, 7) is 4.51. The van der Waals surface area contributed by atoms with E-state index in [1.54, 1.807) is 23.2 Å². The Morgan fingerprint density at radius 2 is 1.80 bits per heavy atom. The second-order valence-corrected chi connectivity index (χ2v) is 6.16. The number of Topliss-reactive ketones (excluding diaryl/α,β-unsaturated/α-hetero) is 1. The van der Waals surface area contributed by atoms with Gasteiger partial charge in [0.05, 0.1) is 6.20 Å². The predicted molar refractivity (Wildman–Crippen MR) is 95.8 cm³/mol. The molecule has 4 heteroatoms. The molecule has 0 bridgehead atoms. The molecular formula is C21H21N2O2+. The minimum absolute atomic E-state index is 0.0248. The van der Waals surface area contributed by atoms with E-state index < -0.39 is 0 Å². The van der Waals surface area contributed by atoms with Crippen molar-refractivity contribution in [1.29, 1.82) is 0 Å². The summed E-state index contributed by atoms with van der Waals surface area (Å²) in [4.78, 5) is 16.6. The van der Waals surface area contributed by atoms with Gasteiger partial charge in [-0.2, -0.15) is 4.57 Å². The number of hydrogen-bond donors (Lipinski definition) is 0. The summed E-state index contributed by atoms with van der Waals surface area (Å²) in [6, 6.07) is 17.2. The lowest BCUT2D eigenvalue weighted by atomic mass is 10.0. The van der Waals surface area contributed by atoms with Crippen LogP contribution in [0.2, 0.25) is 0 Å². The summed E-state index contributed by atoms with van der Waals surface area (Å²) >= 11 is 0. The van der Waals surface area contributed by atoms with Crippen molar-refractivity contribution in [2.24, 2.45) is 0 Å². The molecule has 4 nitrogen and oxygen atoms in total. The van der Waals surface area contributed by atoms with E-state index in [9.17, 15) is 4.79 Å². The van der Waals surface area contributed by atoms with Crippen LogP contribution in [-0.2, 0) is 6.54 Å². The average molecular weight is 333 g/mol. The lowest BCUT2D eigenvalue weighted by Crippen LogP contribution is -2.39. The fraction of sp³-hybridized carbons (Fsp3) is 0.190. The number of rotatable bonds is 6. The summed E-state index contributed by atoms with van der Waals surface area (Å²) in [5.74, 6) is 1.75. The molecule has 126 valence electrons. The molecule has 0 spiro atoms. The van der Waals surface area contributed by atoms with Crippen molar-refractivity contribution in [3.63, 3.8) is 0 Å². The number of ether oxygens (including phenoxy) is 1. The second kappa shape index (κ2) is 7.71. The first-order chi connectivity index (χ1) is 12.1. The number of carbonyl (C=O) groups is 1. The van der Waals surface area contributed by atoms with Crippen molar-refractivity contribution in [3.05, 3.63) is 84.3 Å². The van der Waals surface area contributed by atoms with Crippen molar-refractivity contribution >= 4 is 5.78 Å². The van der Waals surface area contributed by atoms with Crippen LogP contribution in [0, 0.1) is 0 Å². The van der Waals surface area contributed by atoms with Gasteiger partial charge in [0.1, 0.15) is 11.9 Å². The number of carbonyl (C=O) groups excluding carboxylic acids is 1. The van der Waals surface area contributed by atoms with Gasteiger partial charge in [-0.15, -0.1) is 0 Å². The van der Waals surface area contributed by atoms with Crippen molar-refractivity contribution in [1.82, 2.24) is 4.98 Å². The number of hydrogen-bond acceptors (Lipinski definition) is 3. The molecule has 0 saturated carbocycles. The van der Waals surface area contributed by atoms with E-state index in [1.807, 2.05) is 42.5 Å². The van der Waals surface area contributed by atoms with Crippen molar-refractivity contribution in [3.8, 4) is 11.6 Å². The molecule has 2 aromatic carbocycles. The Balaban J connectivity index is 1.78. The zero-order valence-electron chi connectivity index (χ0n) is 14.4. The topological polar surface area (TPSA) is 43.1 Å². The van der Waals surface area contributed by atoms with Crippen LogP contribution in [0.25, 0.3) is 0 Å². The Bertz CT molecular complexity index is 843. The molecule has 0 fully saturated rings. The molecule has 0 N–H and O–H groups in total. The second-order valence-electron chi connectivity index (χ2n) is 6.16. The van der Waals surface area contributed by atoms with Gasteiger partial charge in [0.25, 0.3) is 0 Å². The Kier molecular flexibility index (Phi) is 5.19. The standard InChI is InChI=1S/C21H21N2O2/c1-16(2)17-8-10-19(11-9-17)25-21-14-22-12-13-23(21)15-20(24)18-6-4-3-5-7-18/h3-14,16H,15H2,1-2H3/q+1. The molecule has 25 heavy (non-hydrogen) atoms. The van der Waals surface area contributed by atoms with Crippen LogP contribution in [0.3, 0.4) is 0 Å². The highest BCUT2D eigenvalue weighted by Gasteiger charge is 2.18. The van der Waals surface area contributed by atoms with Gasteiger partial charge >= 0.3 is 5.88 Å². The Morgan fingerprint density at radius 3 is 2.48 bits per heavy atom. The predicted octanol–water partition coefficient (Wildman–Crippen LogP) is 4.17. The average Bonchev–Trinajstić information content (AvgIpc) is 2.64. The van der Waals surface area contributed by atoms with Crippen LogP contribution in [0.4, 0.5) is 0 Å². The third kappa shape index (κ3) is 4.29. The first-order valence-electron chi connectivity index (χ1n) is 8.33. The highest BCUT2D eigenvalue weighted by atomic mass is 16.5. The molecule has 1 aromatic heterocycles. The Labute approximate surface area is 147 Å². The minimum atomic E-state index is 0.0248. The zero-order valence-corrected chi connectivity index (χ0v) is 14.4. The third-order valence-corrected chi connectivity index (χ3v) is 3.98. The minimum Gasteiger partial charge on any atom is -0.404 e. The van der Waals surface area contributed by atoms with Gasteiger partial charge < -0.3 is 4.74 Å². The summed E-state index contributed by atoms with van der Waals surface area (Å²) in [5, 5.41) is 0. The molecule has 3 rings (SSSR count). The fourth-order valence-electron chi connectivity index (χ4n) is 2.50. The first-order valence-corrected chi connectivity index (χ1v) is 8.33. The normalized spacial score (nSPS) is 10.7. The molecule has 1 heterocycles.